The lowest BCUT2D eigenvalue weighted by molar-refractivity contribution is -0.120. The number of benzene rings is 1. The first-order valence-electron chi connectivity index (χ1n) is 4.53. The van der Waals surface area contributed by atoms with Crippen molar-refractivity contribution >= 4 is 21.8 Å². The number of alkyl halides is 3. The lowest BCUT2D eigenvalue weighted by Gasteiger charge is -2.18. The van der Waals surface area contributed by atoms with Gasteiger partial charge in [-0.2, -0.15) is 8.78 Å². The molecule has 0 unspecified atom stereocenters. The van der Waals surface area contributed by atoms with E-state index in [4.69, 9.17) is 0 Å². The van der Waals surface area contributed by atoms with Gasteiger partial charge in [-0.1, -0.05) is 22.0 Å². The molecule has 7 heteroatoms. The Morgan fingerprint density at radius 2 is 1.82 bits per heavy atom. The molecule has 0 fully saturated rings. The van der Waals surface area contributed by atoms with Crippen LogP contribution >= 0.6 is 15.9 Å². The van der Waals surface area contributed by atoms with Gasteiger partial charge in [-0.05, 0) is 12.1 Å². The van der Waals surface area contributed by atoms with Crippen LogP contribution in [0.15, 0.2) is 18.2 Å². The average molecular weight is 314 g/mol. The van der Waals surface area contributed by atoms with Gasteiger partial charge in [0.15, 0.2) is 0 Å². The molecule has 1 amide bonds. The van der Waals surface area contributed by atoms with Gasteiger partial charge in [0.05, 0.1) is 17.4 Å². The summed E-state index contributed by atoms with van der Waals surface area (Å²) in [6, 6.07) is 2.46. The highest BCUT2D eigenvalue weighted by Gasteiger charge is 2.37. The number of amides is 1. The van der Waals surface area contributed by atoms with E-state index in [1.807, 2.05) is 5.32 Å². The minimum absolute atomic E-state index is 0.164. The fraction of sp³-hybridized carbons (Fsp3) is 0.300. The SMILES string of the molecule is O=C(CBr)NCC(F)(F)c1c(F)cccc1F. The highest BCUT2D eigenvalue weighted by Crippen LogP contribution is 2.31. The number of rotatable bonds is 4. The van der Waals surface area contributed by atoms with Gasteiger partial charge in [-0.25, -0.2) is 8.78 Å². The zero-order valence-corrected chi connectivity index (χ0v) is 10.0. The summed E-state index contributed by atoms with van der Waals surface area (Å²) >= 11 is 2.76. The summed E-state index contributed by atoms with van der Waals surface area (Å²) in [5.74, 6) is -7.18. The van der Waals surface area contributed by atoms with Gasteiger partial charge in [0.25, 0.3) is 5.92 Å². The summed E-state index contributed by atoms with van der Waals surface area (Å²) in [6.45, 7) is -1.16. The van der Waals surface area contributed by atoms with Crippen LogP contribution < -0.4 is 5.32 Å². The van der Waals surface area contributed by atoms with Gasteiger partial charge in [-0.15, -0.1) is 0 Å². The third kappa shape index (κ3) is 3.42. The predicted molar refractivity (Wildman–Crippen MR) is 57.1 cm³/mol. The monoisotopic (exact) mass is 313 g/mol. The van der Waals surface area contributed by atoms with Crippen molar-refractivity contribution in [2.45, 2.75) is 5.92 Å². The molecule has 0 aliphatic rings. The van der Waals surface area contributed by atoms with Gasteiger partial charge >= 0.3 is 0 Å². The molecule has 1 N–H and O–H groups in total. The third-order valence-corrected chi connectivity index (χ3v) is 2.47. The molecule has 17 heavy (non-hydrogen) atoms. The Labute approximate surface area is 103 Å². The summed E-state index contributed by atoms with van der Waals surface area (Å²) in [5.41, 5.74) is -1.34. The molecule has 0 radical (unpaired) electrons. The fourth-order valence-corrected chi connectivity index (χ4v) is 1.39. The molecular formula is C10H8BrF4NO. The van der Waals surface area contributed by atoms with Crippen LogP contribution in [0, 0.1) is 11.6 Å². The van der Waals surface area contributed by atoms with Gasteiger partial charge in [0.2, 0.25) is 5.91 Å². The van der Waals surface area contributed by atoms with Crippen molar-refractivity contribution < 1.29 is 22.4 Å². The van der Waals surface area contributed by atoms with Crippen LogP contribution in [0.3, 0.4) is 0 Å². The Morgan fingerprint density at radius 1 is 1.29 bits per heavy atom. The van der Waals surface area contributed by atoms with E-state index in [2.05, 4.69) is 15.9 Å². The first-order valence-corrected chi connectivity index (χ1v) is 5.65. The highest BCUT2D eigenvalue weighted by molar-refractivity contribution is 9.09. The zero-order valence-electron chi connectivity index (χ0n) is 8.44. The summed E-state index contributed by atoms with van der Waals surface area (Å²) < 4.78 is 53.1. The van der Waals surface area contributed by atoms with E-state index in [1.54, 1.807) is 0 Å². The van der Waals surface area contributed by atoms with E-state index >= 15 is 0 Å². The molecule has 0 saturated heterocycles. The fourth-order valence-electron chi connectivity index (χ4n) is 1.19. The molecule has 0 heterocycles. The van der Waals surface area contributed by atoms with Gasteiger partial charge < -0.3 is 5.32 Å². The maximum atomic E-state index is 13.5. The van der Waals surface area contributed by atoms with E-state index in [-0.39, 0.29) is 5.33 Å². The minimum Gasteiger partial charge on any atom is -0.349 e. The van der Waals surface area contributed by atoms with E-state index in [0.717, 1.165) is 18.2 Å². The Balaban J connectivity index is 2.92. The van der Waals surface area contributed by atoms with Crippen LogP contribution in [0.5, 0.6) is 0 Å². The lowest BCUT2D eigenvalue weighted by Crippen LogP contribution is -2.36. The Hall–Kier alpha value is -1.11. The Bertz CT molecular complexity index is 405. The van der Waals surface area contributed by atoms with Crippen LogP contribution in [0.1, 0.15) is 5.56 Å². The quantitative estimate of drug-likeness (QED) is 0.672. The highest BCUT2D eigenvalue weighted by atomic mass is 79.9. The van der Waals surface area contributed by atoms with Crippen molar-refractivity contribution in [2.75, 3.05) is 11.9 Å². The molecule has 0 saturated carbocycles. The number of nitrogens with one attached hydrogen (secondary N) is 1. The molecule has 0 bridgehead atoms. The topological polar surface area (TPSA) is 29.1 Å². The smallest absolute Gasteiger partial charge is 0.295 e. The molecule has 1 aromatic carbocycles. The molecule has 0 aliphatic carbocycles. The summed E-state index contributed by atoms with van der Waals surface area (Å²) in [5, 5.41) is 1.69. The van der Waals surface area contributed by atoms with Crippen molar-refractivity contribution in [1.29, 1.82) is 0 Å². The maximum Gasteiger partial charge on any atom is 0.295 e. The number of halogens is 5. The van der Waals surface area contributed by atoms with Crippen LogP contribution in [-0.4, -0.2) is 17.8 Å². The molecule has 0 spiro atoms. The second-order valence-electron chi connectivity index (χ2n) is 3.21. The normalized spacial score (nSPS) is 11.4. The number of carbonyl (C=O) groups is 1. The molecule has 2 nitrogen and oxygen atoms in total. The Kier molecular flexibility index (Phi) is 4.50. The first-order chi connectivity index (χ1) is 7.88. The van der Waals surface area contributed by atoms with Crippen LogP contribution in [0.4, 0.5) is 17.6 Å². The van der Waals surface area contributed by atoms with Crippen molar-refractivity contribution in [3.05, 3.63) is 35.4 Å². The number of hydrogen-bond acceptors (Lipinski definition) is 1. The van der Waals surface area contributed by atoms with Gasteiger partial charge in [0, 0.05) is 0 Å². The molecule has 94 valence electrons. The third-order valence-electron chi connectivity index (χ3n) is 1.96. The first kappa shape index (κ1) is 14.0. The van der Waals surface area contributed by atoms with Crippen LogP contribution in [0.25, 0.3) is 0 Å². The van der Waals surface area contributed by atoms with Gasteiger partial charge in [-0.3, -0.25) is 4.79 Å². The standard InChI is InChI=1S/C10H8BrF4NO/c11-4-8(17)16-5-10(14,15)9-6(12)2-1-3-7(9)13/h1-3H,4-5H2,(H,16,17). The maximum absolute atomic E-state index is 13.5. The largest absolute Gasteiger partial charge is 0.349 e. The second-order valence-corrected chi connectivity index (χ2v) is 3.77. The van der Waals surface area contributed by atoms with Crippen molar-refractivity contribution in [1.82, 2.24) is 5.32 Å². The Morgan fingerprint density at radius 3 is 2.29 bits per heavy atom. The second kappa shape index (κ2) is 5.48. The summed E-state index contributed by atoms with van der Waals surface area (Å²) in [4.78, 5) is 10.8. The number of hydrogen-bond donors (Lipinski definition) is 1. The summed E-state index contributed by atoms with van der Waals surface area (Å²) in [7, 11) is 0. The predicted octanol–water partition coefficient (Wildman–Crippen LogP) is 2.57. The molecular weight excluding hydrogens is 306 g/mol. The minimum atomic E-state index is -3.80. The zero-order chi connectivity index (χ0) is 13.1. The van der Waals surface area contributed by atoms with E-state index in [0.29, 0.717) is 0 Å². The molecule has 1 rings (SSSR count). The van der Waals surface area contributed by atoms with E-state index in [9.17, 15) is 22.4 Å². The van der Waals surface area contributed by atoms with Crippen molar-refractivity contribution in [2.24, 2.45) is 0 Å². The molecule has 0 atom stereocenters. The lowest BCUT2D eigenvalue weighted by atomic mass is 10.1. The summed E-state index contributed by atoms with van der Waals surface area (Å²) in [6.07, 6.45) is 0. The number of carbonyl (C=O) groups excluding carboxylic acids is 1. The van der Waals surface area contributed by atoms with Crippen molar-refractivity contribution in [3.8, 4) is 0 Å². The molecule has 1 aromatic rings. The van der Waals surface area contributed by atoms with E-state index in [1.165, 1.54) is 0 Å². The van der Waals surface area contributed by atoms with Crippen molar-refractivity contribution in [3.63, 3.8) is 0 Å². The van der Waals surface area contributed by atoms with Crippen LogP contribution in [0.2, 0.25) is 0 Å². The van der Waals surface area contributed by atoms with Crippen LogP contribution in [-0.2, 0) is 10.7 Å². The van der Waals surface area contributed by atoms with Gasteiger partial charge in [0.1, 0.15) is 11.6 Å². The van der Waals surface area contributed by atoms with E-state index < -0.39 is 35.6 Å². The molecule has 0 aromatic heterocycles. The molecule has 0 aliphatic heterocycles. The average Bonchev–Trinajstić information content (AvgIpc) is 2.25.